The maximum atomic E-state index is 12.3. The van der Waals surface area contributed by atoms with Crippen LogP contribution in [0.25, 0.3) is 0 Å². The molecule has 5 heteroatoms. The summed E-state index contributed by atoms with van der Waals surface area (Å²) in [5, 5.41) is 3.11. The Balaban J connectivity index is 1.85. The molecule has 0 aliphatic carbocycles. The highest BCUT2D eigenvalue weighted by Crippen LogP contribution is 2.19. The van der Waals surface area contributed by atoms with E-state index in [9.17, 15) is 4.79 Å². The Morgan fingerprint density at radius 1 is 1.26 bits per heavy atom. The third kappa shape index (κ3) is 4.44. The van der Waals surface area contributed by atoms with E-state index < -0.39 is 0 Å². The number of nitrogens with one attached hydrogen (secondary N) is 1. The molecule has 0 saturated carbocycles. The fraction of sp³-hybridized carbons (Fsp3) is 0.929. The molecule has 0 radical (unpaired) electrons. The summed E-state index contributed by atoms with van der Waals surface area (Å²) in [6, 6.07) is -0.0239. The lowest BCUT2D eigenvalue weighted by Crippen LogP contribution is -2.48. The number of rotatable bonds is 5. The van der Waals surface area contributed by atoms with E-state index in [1.165, 1.54) is 0 Å². The minimum absolute atomic E-state index is 0.0239. The van der Waals surface area contributed by atoms with Crippen molar-refractivity contribution in [1.29, 1.82) is 0 Å². The van der Waals surface area contributed by atoms with Crippen LogP contribution < -0.4 is 5.32 Å². The molecule has 3 unspecified atom stereocenters. The Hall–Kier alpha value is -0.650. The zero-order valence-corrected chi connectivity index (χ0v) is 11.7. The van der Waals surface area contributed by atoms with Crippen molar-refractivity contribution in [2.24, 2.45) is 5.92 Å². The number of hydrogen-bond donors (Lipinski definition) is 1. The highest BCUT2D eigenvalue weighted by Gasteiger charge is 2.29. The first kappa shape index (κ1) is 14.8. The molecule has 2 fully saturated rings. The van der Waals surface area contributed by atoms with E-state index in [0.717, 1.165) is 45.3 Å². The predicted octanol–water partition coefficient (Wildman–Crippen LogP) is 1.11. The average molecular weight is 271 g/mol. The van der Waals surface area contributed by atoms with Gasteiger partial charge < -0.3 is 19.5 Å². The summed E-state index contributed by atoms with van der Waals surface area (Å²) < 4.78 is 16.3. The monoisotopic (exact) mass is 271 g/mol. The van der Waals surface area contributed by atoms with Gasteiger partial charge in [0.05, 0.1) is 18.8 Å². The van der Waals surface area contributed by atoms with Gasteiger partial charge in [-0.3, -0.25) is 4.79 Å². The molecule has 1 amide bonds. The minimum atomic E-state index is -0.0239. The number of carbonyl (C=O) groups excluding carboxylic acids is 1. The summed E-state index contributed by atoms with van der Waals surface area (Å²) in [4.78, 5) is 12.3. The standard InChI is InChI=1S/C14H25NO4/c1-17-10-12(13-5-3-8-19-13)15-14(16)11-4-2-7-18-9-6-11/h11-13H,2-10H2,1H3,(H,15,16). The molecule has 2 aliphatic rings. The van der Waals surface area contributed by atoms with Crippen molar-refractivity contribution >= 4 is 5.91 Å². The van der Waals surface area contributed by atoms with Crippen molar-refractivity contribution in [2.45, 2.75) is 44.2 Å². The molecule has 0 bridgehead atoms. The average Bonchev–Trinajstić information content (AvgIpc) is 2.80. The fourth-order valence-electron chi connectivity index (χ4n) is 2.81. The number of amides is 1. The molecular formula is C14H25NO4. The second-order valence-electron chi connectivity index (χ2n) is 5.36. The minimum Gasteiger partial charge on any atom is -0.382 e. The molecule has 1 N–H and O–H groups in total. The maximum absolute atomic E-state index is 12.3. The van der Waals surface area contributed by atoms with Crippen molar-refractivity contribution in [1.82, 2.24) is 5.32 Å². The molecular weight excluding hydrogens is 246 g/mol. The largest absolute Gasteiger partial charge is 0.382 e. The SMILES string of the molecule is COCC(NC(=O)C1CCCOCC1)C1CCCO1. The van der Waals surface area contributed by atoms with E-state index in [1.54, 1.807) is 7.11 Å². The van der Waals surface area contributed by atoms with Crippen LogP contribution in [0.15, 0.2) is 0 Å². The van der Waals surface area contributed by atoms with Crippen molar-refractivity contribution in [2.75, 3.05) is 33.5 Å². The smallest absolute Gasteiger partial charge is 0.223 e. The van der Waals surface area contributed by atoms with Crippen LogP contribution in [0.3, 0.4) is 0 Å². The van der Waals surface area contributed by atoms with Gasteiger partial charge in [0.25, 0.3) is 0 Å². The zero-order valence-electron chi connectivity index (χ0n) is 11.7. The highest BCUT2D eigenvalue weighted by atomic mass is 16.5. The van der Waals surface area contributed by atoms with Gasteiger partial charge in [0.1, 0.15) is 0 Å². The molecule has 2 rings (SSSR count). The normalized spacial score (nSPS) is 29.7. The quantitative estimate of drug-likeness (QED) is 0.814. The molecule has 110 valence electrons. The van der Waals surface area contributed by atoms with Gasteiger partial charge in [-0.2, -0.15) is 0 Å². The third-order valence-electron chi connectivity index (χ3n) is 3.91. The molecule has 2 heterocycles. The van der Waals surface area contributed by atoms with Gasteiger partial charge in [0.2, 0.25) is 5.91 Å². The van der Waals surface area contributed by atoms with E-state index in [1.807, 2.05) is 0 Å². The third-order valence-corrected chi connectivity index (χ3v) is 3.91. The first-order valence-electron chi connectivity index (χ1n) is 7.30. The molecule has 0 aromatic rings. The van der Waals surface area contributed by atoms with Crippen LogP contribution in [0.1, 0.15) is 32.1 Å². The van der Waals surface area contributed by atoms with Crippen LogP contribution in [0, 0.1) is 5.92 Å². The summed E-state index contributed by atoms with van der Waals surface area (Å²) in [5.74, 6) is 0.200. The molecule has 2 aliphatic heterocycles. The van der Waals surface area contributed by atoms with E-state index in [4.69, 9.17) is 14.2 Å². The van der Waals surface area contributed by atoms with Crippen LogP contribution >= 0.6 is 0 Å². The van der Waals surface area contributed by atoms with Crippen LogP contribution in [0.2, 0.25) is 0 Å². The molecule has 3 atom stereocenters. The Kier molecular flexibility index (Phi) is 6.07. The van der Waals surface area contributed by atoms with Crippen LogP contribution in [-0.4, -0.2) is 51.6 Å². The highest BCUT2D eigenvalue weighted by molar-refractivity contribution is 5.79. The van der Waals surface area contributed by atoms with Gasteiger partial charge in [-0.25, -0.2) is 0 Å². The molecule has 19 heavy (non-hydrogen) atoms. The molecule has 2 saturated heterocycles. The van der Waals surface area contributed by atoms with E-state index in [-0.39, 0.29) is 24.0 Å². The van der Waals surface area contributed by atoms with Gasteiger partial charge >= 0.3 is 0 Å². The van der Waals surface area contributed by atoms with Crippen LogP contribution in [0.4, 0.5) is 0 Å². The number of methoxy groups -OCH3 is 1. The van der Waals surface area contributed by atoms with Gasteiger partial charge in [-0.1, -0.05) is 0 Å². The number of ether oxygens (including phenoxy) is 3. The van der Waals surface area contributed by atoms with E-state index in [0.29, 0.717) is 13.2 Å². The first-order chi connectivity index (χ1) is 9.31. The summed E-state index contributed by atoms with van der Waals surface area (Å²) in [6.07, 6.45) is 4.87. The summed E-state index contributed by atoms with van der Waals surface area (Å²) in [6.45, 7) is 2.77. The zero-order chi connectivity index (χ0) is 13.5. The van der Waals surface area contributed by atoms with Gasteiger partial charge in [-0.05, 0) is 32.1 Å². The first-order valence-corrected chi connectivity index (χ1v) is 7.30. The van der Waals surface area contributed by atoms with E-state index in [2.05, 4.69) is 5.32 Å². The van der Waals surface area contributed by atoms with Gasteiger partial charge in [-0.15, -0.1) is 0 Å². The summed E-state index contributed by atoms with van der Waals surface area (Å²) >= 11 is 0. The van der Waals surface area contributed by atoms with Crippen molar-refractivity contribution in [3.8, 4) is 0 Å². The van der Waals surface area contributed by atoms with Crippen molar-refractivity contribution < 1.29 is 19.0 Å². The summed E-state index contributed by atoms with van der Waals surface area (Å²) in [5.41, 5.74) is 0. The van der Waals surface area contributed by atoms with Crippen LogP contribution in [-0.2, 0) is 19.0 Å². The van der Waals surface area contributed by atoms with Gasteiger partial charge in [0.15, 0.2) is 0 Å². The Bertz CT molecular complexity index is 271. The predicted molar refractivity (Wildman–Crippen MR) is 70.9 cm³/mol. The van der Waals surface area contributed by atoms with Crippen molar-refractivity contribution in [3.63, 3.8) is 0 Å². The second-order valence-corrected chi connectivity index (χ2v) is 5.36. The Labute approximate surface area is 115 Å². The lowest BCUT2D eigenvalue weighted by molar-refractivity contribution is -0.127. The molecule has 0 spiro atoms. The molecule has 0 aromatic heterocycles. The van der Waals surface area contributed by atoms with Crippen LogP contribution in [0.5, 0.6) is 0 Å². The lowest BCUT2D eigenvalue weighted by Gasteiger charge is -2.25. The van der Waals surface area contributed by atoms with Crippen molar-refractivity contribution in [3.05, 3.63) is 0 Å². The molecule has 5 nitrogen and oxygen atoms in total. The topological polar surface area (TPSA) is 56.8 Å². The Morgan fingerprint density at radius 3 is 2.84 bits per heavy atom. The maximum Gasteiger partial charge on any atom is 0.223 e. The second kappa shape index (κ2) is 7.82. The summed E-state index contributed by atoms with van der Waals surface area (Å²) in [7, 11) is 1.66. The number of hydrogen-bond acceptors (Lipinski definition) is 4. The Morgan fingerprint density at radius 2 is 2.11 bits per heavy atom. The lowest BCUT2D eigenvalue weighted by atomic mass is 9.98. The van der Waals surface area contributed by atoms with E-state index >= 15 is 0 Å². The fourth-order valence-corrected chi connectivity index (χ4v) is 2.81. The van der Waals surface area contributed by atoms with Gasteiger partial charge in [0, 0.05) is 32.8 Å². The molecule has 0 aromatic carbocycles. The number of carbonyl (C=O) groups is 1.